The van der Waals surface area contributed by atoms with Gasteiger partial charge in [-0.15, -0.1) is 0 Å². The highest BCUT2D eigenvalue weighted by Gasteiger charge is 2.72. The van der Waals surface area contributed by atoms with Gasteiger partial charge >= 0.3 is 0 Å². The lowest BCUT2D eigenvalue weighted by Gasteiger charge is -2.62. The van der Waals surface area contributed by atoms with E-state index in [1.807, 2.05) is 43.4 Å². The number of H-pyrrole nitrogens is 1. The number of amides is 1. The first-order chi connectivity index (χ1) is 18.8. The number of carbonyl (C=O) groups excluding carboxylic acids is 2. The lowest BCUT2D eigenvalue weighted by molar-refractivity contribution is -0.185. The zero-order chi connectivity index (χ0) is 26.9. The zero-order valence-corrected chi connectivity index (χ0v) is 21.8. The average Bonchev–Trinajstić information content (AvgIpc) is 3.29. The second-order valence-corrected chi connectivity index (χ2v) is 11.4. The van der Waals surface area contributed by atoms with Crippen LogP contribution in [0.25, 0.3) is 11.1 Å². The van der Waals surface area contributed by atoms with E-state index in [4.69, 9.17) is 4.74 Å². The van der Waals surface area contributed by atoms with Gasteiger partial charge in [0.05, 0.1) is 16.6 Å². The van der Waals surface area contributed by atoms with Gasteiger partial charge in [0.1, 0.15) is 5.75 Å². The van der Waals surface area contributed by atoms with Crippen LogP contribution in [0.1, 0.15) is 46.3 Å². The largest absolute Gasteiger partial charge is 0.480 e. The molecule has 39 heavy (non-hydrogen) atoms. The Kier molecular flexibility index (Phi) is 5.38. The number of carbonyl (C=O) groups is 2. The summed E-state index contributed by atoms with van der Waals surface area (Å²) in [7, 11) is 2.04. The molecule has 1 unspecified atom stereocenters. The summed E-state index contributed by atoms with van der Waals surface area (Å²) in [6, 6.07) is 15.1. The maximum Gasteiger partial charge on any atom is 0.255 e. The third-order valence-corrected chi connectivity index (χ3v) is 9.55. The predicted octanol–water partition coefficient (Wildman–Crippen LogP) is 2.37. The Morgan fingerprint density at radius 1 is 1.13 bits per heavy atom. The predicted molar refractivity (Wildman–Crippen MR) is 145 cm³/mol. The SMILES string of the molecule is CN1CC[C@]23c4c5ccc(C(=O)NCCc6ccc(-c7cc[nH]c(=O)c7)cc6)c4OC2C(=O)CC[C@@]3(O)[C@H]1C5. The van der Waals surface area contributed by atoms with E-state index in [2.05, 4.69) is 15.2 Å². The first-order valence-electron chi connectivity index (χ1n) is 13.7. The molecule has 1 aromatic heterocycles. The summed E-state index contributed by atoms with van der Waals surface area (Å²) in [6.45, 7) is 1.21. The minimum absolute atomic E-state index is 0.0157. The van der Waals surface area contributed by atoms with Gasteiger partial charge in [-0.05, 0) is 73.7 Å². The number of aromatic nitrogens is 1. The van der Waals surface area contributed by atoms with Gasteiger partial charge in [0.15, 0.2) is 11.9 Å². The second-order valence-electron chi connectivity index (χ2n) is 11.4. The molecule has 2 aliphatic carbocycles. The molecule has 1 spiro atoms. The van der Waals surface area contributed by atoms with Crippen LogP contribution < -0.4 is 15.6 Å². The minimum Gasteiger partial charge on any atom is -0.480 e. The van der Waals surface area contributed by atoms with Crippen LogP contribution in [-0.4, -0.2) is 64.6 Å². The van der Waals surface area contributed by atoms with Crippen molar-refractivity contribution < 1.29 is 19.4 Å². The quantitative estimate of drug-likeness (QED) is 0.472. The highest BCUT2D eigenvalue weighted by molar-refractivity contribution is 5.99. The fourth-order valence-electron chi connectivity index (χ4n) is 7.63. The van der Waals surface area contributed by atoms with Gasteiger partial charge in [-0.2, -0.15) is 0 Å². The lowest BCUT2D eigenvalue weighted by Crippen LogP contribution is -2.76. The molecule has 7 rings (SSSR count). The molecule has 2 aliphatic heterocycles. The normalized spacial score (nSPS) is 28.5. The number of ketones is 1. The van der Waals surface area contributed by atoms with E-state index >= 15 is 0 Å². The van der Waals surface area contributed by atoms with Gasteiger partial charge in [0.25, 0.3) is 5.91 Å². The number of hydrogen-bond acceptors (Lipinski definition) is 6. The van der Waals surface area contributed by atoms with E-state index in [0.717, 1.165) is 34.4 Å². The first-order valence-corrected chi connectivity index (χ1v) is 13.7. The molecule has 3 heterocycles. The Morgan fingerprint density at radius 2 is 1.95 bits per heavy atom. The summed E-state index contributed by atoms with van der Waals surface area (Å²) in [4.78, 5) is 42.9. The highest BCUT2D eigenvalue weighted by Crippen LogP contribution is 2.63. The number of ether oxygens (including phenoxy) is 1. The molecule has 2 bridgehead atoms. The number of rotatable bonds is 5. The standard InChI is InChI=1S/C31H31N3O5/c1-34-15-12-30-26-21-6-7-22(27(26)39-28(30)23(35)8-11-31(30,38)24(34)16-21)29(37)33-13-9-18-2-4-19(5-3-18)20-10-14-32-25(36)17-20/h2-7,10,14,17,24,28,38H,8-9,11-13,15-16H2,1H3,(H,32,36)(H,33,37)/t24-,28?,30+,31-/m1/s1. The summed E-state index contributed by atoms with van der Waals surface area (Å²) in [5.74, 6) is 0.254. The van der Waals surface area contributed by atoms with Crippen LogP contribution in [0.3, 0.4) is 0 Å². The van der Waals surface area contributed by atoms with Crippen LogP contribution in [0, 0.1) is 0 Å². The number of aromatic amines is 1. The number of benzene rings is 2. The molecule has 200 valence electrons. The number of likely N-dealkylation sites (tertiary alicyclic amines) is 1. The zero-order valence-electron chi connectivity index (χ0n) is 21.8. The Labute approximate surface area is 226 Å². The van der Waals surface area contributed by atoms with Crippen molar-refractivity contribution in [2.45, 2.75) is 55.3 Å². The number of nitrogens with one attached hydrogen (secondary N) is 2. The van der Waals surface area contributed by atoms with Crippen LogP contribution in [0.4, 0.5) is 0 Å². The van der Waals surface area contributed by atoms with E-state index in [9.17, 15) is 19.5 Å². The number of nitrogens with zero attached hydrogens (tertiary/aromatic N) is 1. The van der Waals surface area contributed by atoms with E-state index in [1.54, 1.807) is 18.3 Å². The summed E-state index contributed by atoms with van der Waals surface area (Å²) >= 11 is 0. The first kappa shape index (κ1) is 24.3. The maximum atomic E-state index is 13.4. The van der Waals surface area contributed by atoms with Gasteiger partial charge in [0, 0.05) is 36.8 Å². The number of aliphatic hydroxyl groups is 1. The van der Waals surface area contributed by atoms with Crippen molar-refractivity contribution in [3.8, 4) is 16.9 Å². The molecular formula is C31H31N3O5. The van der Waals surface area contributed by atoms with Gasteiger partial charge in [-0.1, -0.05) is 30.3 Å². The van der Waals surface area contributed by atoms with Gasteiger partial charge in [-0.3, -0.25) is 14.4 Å². The van der Waals surface area contributed by atoms with Crippen molar-refractivity contribution in [1.29, 1.82) is 0 Å². The van der Waals surface area contributed by atoms with Crippen molar-refractivity contribution >= 4 is 11.7 Å². The molecule has 3 aromatic rings. The summed E-state index contributed by atoms with van der Waals surface area (Å²) in [6.07, 6.45) is 3.55. The molecule has 2 aromatic carbocycles. The van der Waals surface area contributed by atoms with Crippen molar-refractivity contribution in [1.82, 2.24) is 15.2 Å². The van der Waals surface area contributed by atoms with E-state index in [-0.39, 0.29) is 29.7 Å². The molecule has 8 heteroatoms. The smallest absolute Gasteiger partial charge is 0.255 e. The third kappa shape index (κ3) is 3.41. The third-order valence-electron chi connectivity index (χ3n) is 9.55. The maximum absolute atomic E-state index is 13.4. The number of Topliss-reactive ketones (excluding diaryl/α,β-unsaturated/α-hetero) is 1. The molecular weight excluding hydrogens is 494 g/mol. The Hall–Kier alpha value is -3.75. The molecule has 3 N–H and O–H groups in total. The van der Waals surface area contributed by atoms with Crippen LogP contribution in [0.2, 0.25) is 0 Å². The van der Waals surface area contributed by atoms with Crippen molar-refractivity contribution in [2.24, 2.45) is 0 Å². The minimum atomic E-state index is -1.05. The average molecular weight is 526 g/mol. The van der Waals surface area contributed by atoms with E-state index in [0.29, 0.717) is 43.5 Å². The number of likely N-dealkylation sites (N-methyl/N-ethyl adjacent to an activating group) is 1. The van der Waals surface area contributed by atoms with Crippen molar-refractivity contribution in [3.63, 3.8) is 0 Å². The topological polar surface area (TPSA) is 112 Å². The van der Waals surface area contributed by atoms with Crippen molar-refractivity contribution in [3.05, 3.63) is 87.3 Å². The molecule has 1 amide bonds. The number of pyridine rings is 1. The molecule has 2 fully saturated rings. The highest BCUT2D eigenvalue weighted by atomic mass is 16.5. The lowest BCUT2D eigenvalue weighted by atomic mass is 9.49. The fraction of sp³-hybridized carbons (Fsp3) is 0.387. The monoisotopic (exact) mass is 525 g/mol. The van der Waals surface area contributed by atoms with Crippen LogP contribution in [0.5, 0.6) is 5.75 Å². The summed E-state index contributed by atoms with van der Waals surface area (Å²) in [5.41, 5.74) is 3.27. The molecule has 4 aliphatic rings. The molecule has 1 saturated heterocycles. The second kappa shape index (κ2) is 8.63. The molecule has 1 saturated carbocycles. The Balaban J connectivity index is 1.12. The Morgan fingerprint density at radius 3 is 2.74 bits per heavy atom. The van der Waals surface area contributed by atoms with E-state index < -0.39 is 17.1 Å². The molecule has 4 atom stereocenters. The van der Waals surface area contributed by atoms with Crippen molar-refractivity contribution in [2.75, 3.05) is 20.1 Å². The number of hydrogen-bond donors (Lipinski definition) is 3. The summed E-state index contributed by atoms with van der Waals surface area (Å²) < 4.78 is 6.36. The van der Waals surface area contributed by atoms with E-state index in [1.165, 1.54) is 0 Å². The summed E-state index contributed by atoms with van der Waals surface area (Å²) in [5, 5.41) is 15.1. The van der Waals surface area contributed by atoms with Gasteiger partial charge in [0.2, 0.25) is 5.56 Å². The Bertz CT molecular complexity index is 1560. The van der Waals surface area contributed by atoms with Crippen LogP contribution in [0.15, 0.2) is 59.5 Å². The molecule has 0 radical (unpaired) electrons. The van der Waals surface area contributed by atoms with Gasteiger partial charge in [-0.25, -0.2) is 0 Å². The van der Waals surface area contributed by atoms with Crippen LogP contribution >= 0.6 is 0 Å². The van der Waals surface area contributed by atoms with Crippen LogP contribution in [-0.2, 0) is 23.1 Å². The van der Waals surface area contributed by atoms with Gasteiger partial charge < -0.3 is 25.0 Å². The fourth-order valence-corrected chi connectivity index (χ4v) is 7.63. The molecule has 8 nitrogen and oxygen atoms in total. The number of piperidine rings is 1.